The Bertz CT molecular complexity index is 342. The molecule has 2 rings (SSSR count). The molecule has 0 aromatic carbocycles. The van der Waals surface area contributed by atoms with Gasteiger partial charge in [0, 0.05) is 12.1 Å². The van der Waals surface area contributed by atoms with Gasteiger partial charge in [-0.15, -0.1) is 0 Å². The van der Waals surface area contributed by atoms with E-state index in [0.29, 0.717) is 18.0 Å². The van der Waals surface area contributed by atoms with E-state index in [1.807, 2.05) is 6.08 Å². The Morgan fingerprint density at radius 3 is 1.67 bits per heavy atom. The lowest BCUT2D eigenvalue weighted by Crippen LogP contribution is -2.48. The summed E-state index contributed by atoms with van der Waals surface area (Å²) in [5.41, 5.74) is 2.22. The molecule has 0 bridgehead atoms. The van der Waals surface area contributed by atoms with Crippen molar-refractivity contribution in [2.75, 3.05) is 0 Å². The van der Waals surface area contributed by atoms with Crippen molar-refractivity contribution in [2.24, 2.45) is 0 Å². The van der Waals surface area contributed by atoms with Gasteiger partial charge in [-0.1, -0.05) is 63.9 Å². The fraction of sp³-hybridized carbons (Fsp3) is 0.833. The van der Waals surface area contributed by atoms with E-state index in [2.05, 4.69) is 30.2 Å². The fourth-order valence-corrected chi connectivity index (χ4v) is 4.43. The largest absolute Gasteiger partial charge is 0.333 e. The second kappa shape index (κ2) is 7.62. The second-order valence-electron chi connectivity index (χ2n) is 8.03. The standard InChI is InChI=1S/C18H33NOSi/c1-21(2,3)15-14-18(20)19(16-10-6-4-7-11-16)17-12-8-5-9-13-17/h14-17H,4-13H2,1-3H3/b15-14+. The number of carbonyl (C=O) groups is 1. The molecule has 0 unspecified atom stereocenters. The summed E-state index contributed by atoms with van der Waals surface area (Å²) in [6.45, 7) is 6.88. The van der Waals surface area contributed by atoms with Crippen LogP contribution < -0.4 is 0 Å². The average molecular weight is 308 g/mol. The molecule has 0 saturated heterocycles. The van der Waals surface area contributed by atoms with E-state index >= 15 is 0 Å². The van der Waals surface area contributed by atoms with E-state index in [9.17, 15) is 4.79 Å². The lowest BCUT2D eigenvalue weighted by molar-refractivity contribution is -0.132. The minimum atomic E-state index is -1.29. The maximum atomic E-state index is 12.8. The third-order valence-corrected chi connectivity index (χ3v) is 6.08. The quantitative estimate of drug-likeness (QED) is 0.533. The van der Waals surface area contributed by atoms with Crippen molar-refractivity contribution in [3.05, 3.63) is 11.8 Å². The van der Waals surface area contributed by atoms with Crippen LogP contribution in [0.15, 0.2) is 11.8 Å². The Labute approximate surface area is 132 Å². The normalized spacial score (nSPS) is 22.6. The lowest BCUT2D eigenvalue weighted by Gasteiger charge is -2.41. The molecule has 2 nitrogen and oxygen atoms in total. The number of carbonyl (C=O) groups excluding carboxylic acids is 1. The predicted octanol–water partition coefficient (Wildman–Crippen LogP) is 4.91. The molecule has 0 atom stereocenters. The minimum absolute atomic E-state index is 0.302. The van der Waals surface area contributed by atoms with E-state index in [-0.39, 0.29) is 0 Å². The Hall–Kier alpha value is -0.573. The molecular formula is C18H33NOSi. The first-order valence-electron chi connectivity index (χ1n) is 8.99. The van der Waals surface area contributed by atoms with Crippen LogP contribution in [0.5, 0.6) is 0 Å². The van der Waals surface area contributed by atoms with Crippen molar-refractivity contribution in [3.8, 4) is 0 Å². The first kappa shape index (κ1) is 16.8. The Morgan fingerprint density at radius 2 is 1.29 bits per heavy atom. The van der Waals surface area contributed by atoms with Gasteiger partial charge in [0.15, 0.2) is 0 Å². The molecule has 1 amide bonds. The van der Waals surface area contributed by atoms with Gasteiger partial charge < -0.3 is 4.90 Å². The molecule has 0 spiro atoms. The second-order valence-corrected chi connectivity index (χ2v) is 13.1. The van der Waals surface area contributed by atoms with Gasteiger partial charge in [0.25, 0.3) is 0 Å². The number of hydrogen-bond acceptors (Lipinski definition) is 1. The van der Waals surface area contributed by atoms with Crippen LogP contribution >= 0.6 is 0 Å². The van der Waals surface area contributed by atoms with E-state index in [4.69, 9.17) is 0 Å². The van der Waals surface area contributed by atoms with Gasteiger partial charge in [0.05, 0.1) is 8.07 Å². The maximum Gasteiger partial charge on any atom is 0.246 e. The molecule has 0 aromatic rings. The van der Waals surface area contributed by atoms with Crippen LogP contribution in [0.2, 0.25) is 19.6 Å². The highest BCUT2D eigenvalue weighted by atomic mass is 28.3. The fourth-order valence-electron chi connectivity index (χ4n) is 3.78. The molecule has 0 N–H and O–H groups in total. The van der Waals surface area contributed by atoms with E-state index in [0.717, 1.165) is 0 Å². The third kappa shape index (κ3) is 5.28. The SMILES string of the molecule is C[Si](C)(C)/C=C/C(=O)N(C1CCCCC1)C1CCCCC1. The Kier molecular flexibility index (Phi) is 6.09. The Morgan fingerprint density at radius 1 is 0.857 bits per heavy atom. The zero-order chi connectivity index (χ0) is 15.3. The molecule has 2 aliphatic rings. The minimum Gasteiger partial charge on any atom is -0.333 e. The third-order valence-electron chi connectivity index (χ3n) is 4.92. The summed E-state index contributed by atoms with van der Waals surface area (Å²) in [7, 11) is -1.29. The summed E-state index contributed by atoms with van der Waals surface area (Å²) in [6, 6.07) is 1.03. The topological polar surface area (TPSA) is 20.3 Å². The molecule has 120 valence electrons. The van der Waals surface area contributed by atoms with Gasteiger partial charge >= 0.3 is 0 Å². The van der Waals surface area contributed by atoms with Crippen LogP contribution in [0.25, 0.3) is 0 Å². The van der Waals surface area contributed by atoms with Crippen molar-refractivity contribution in [1.82, 2.24) is 4.90 Å². The van der Waals surface area contributed by atoms with Gasteiger partial charge in [-0.05, 0) is 31.8 Å². The van der Waals surface area contributed by atoms with Crippen LogP contribution in [0.1, 0.15) is 64.2 Å². The molecule has 2 saturated carbocycles. The monoisotopic (exact) mass is 307 g/mol. The number of rotatable bonds is 4. The van der Waals surface area contributed by atoms with Crippen molar-refractivity contribution in [3.63, 3.8) is 0 Å². The van der Waals surface area contributed by atoms with Gasteiger partial charge in [-0.3, -0.25) is 4.79 Å². The van der Waals surface area contributed by atoms with Crippen molar-refractivity contribution >= 4 is 14.0 Å². The van der Waals surface area contributed by atoms with Crippen LogP contribution in [0, 0.1) is 0 Å². The molecule has 2 fully saturated rings. The number of hydrogen-bond donors (Lipinski definition) is 0. The first-order valence-corrected chi connectivity index (χ1v) is 12.6. The van der Waals surface area contributed by atoms with Gasteiger partial charge in [0.1, 0.15) is 0 Å². The number of amides is 1. The van der Waals surface area contributed by atoms with Crippen LogP contribution in [0.4, 0.5) is 0 Å². The summed E-state index contributed by atoms with van der Waals surface area (Å²) in [4.78, 5) is 15.2. The number of nitrogens with zero attached hydrogens (tertiary/aromatic N) is 1. The van der Waals surface area contributed by atoms with E-state index in [1.54, 1.807) is 0 Å². The molecule has 0 radical (unpaired) electrons. The molecular weight excluding hydrogens is 274 g/mol. The molecule has 3 heteroatoms. The van der Waals surface area contributed by atoms with Gasteiger partial charge in [-0.25, -0.2) is 0 Å². The van der Waals surface area contributed by atoms with E-state index < -0.39 is 8.07 Å². The predicted molar refractivity (Wildman–Crippen MR) is 93.1 cm³/mol. The molecule has 2 aliphatic carbocycles. The summed E-state index contributed by atoms with van der Waals surface area (Å²) in [5, 5.41) is 0. The van der Waals surface area contributed by atoms with Gasteiger partial charge in [0.2, 0.25) is 5.91 Å². The van der Waals surface area contributed by atoms with Crippen LogP contribution in [0.3, 0.4) is 0 Å². The first-order chi connectivity index (χ1) is 9.97. The van der Waals surface area contributed by atoms with Crippen molar-refractivity contribution in [1.29, 1.82) is 0 Å². The Balaban J connectivity index is 2.09. The summed E-state index contributed by atoms with van der Waals surface area (Å²) in [5.74, 6) is 0.302. The molecule has 21 heavy (non-hydrogen) atoms. The highest BCUT2D eigenvalue weighted by molar-refractivity contribution is 6.81. The lowest BCUT2D eigenvalue weighted by atomic mass is 9.88. The summed E-state index contributed by atoms with van der Waals surface area (Å²) < 4.78 is 0. The zero-order valence-electron chi connectivity index (χ0n) is 14.2. The molecule has 0 heterocycles. The van der Waals surface area contributed by atoms with Crippen LogP contribution in [-0.2, 0) is 4.79 Å². The highest BCUT2D eigenvalue weighted by Gasteiger charge is 2.31. The zero-order valence-corrected chi connectivity index (χ0v) is 15.2. The highest BCUT2D eigenvalue weighted by Crippen LogP contribution is 2.30. The molecule has 0 aromatic heterocycles. The summed E-state index contributed by atoms with van der Waals surface area (Å²) >= 11 is 0. The smallest absolute Gasteiger partial charge is 0.246 e. The van der Waals surface area contributed by atoms with Crippen molar-refractivity contribution in [2.45, 2.75) is 95.9 Å². The maximum absolute atomic E-state index is 12.8. The van der Waals surface area contributed by atoms with Crippen molar-refractivity contribution < 1.29 is 4.79 Å². The van der Waals surface area contributed by atoms with Crippen LogP contribution in [-0.4, -0.2) is 31.0 Å². The molecule has 0 aliphatic heterocycles. The summed E-state index contributed by atoms with van der Waals surface area (Å²) in [6.07, 6.45) is 14.7. The van der Waals surface area contributed by atoms with Gasteiger partial charge in [-0.2, -0.15) is 0 Å². The van der Waals surface area contributed by atoms with E-state index in [1.165, 1.54) is 64.2 Å². The average Bonchev–Trinajstić information content (AvgIpc) is 2.47.